The van der Waals surface area contributed by atoms with Gasteiger partial charge < -0.3 is 4.98 Å². The van der Waals surface area contributed by atoms with E-state index in [-0.39, 0.29) is 5.82 Å². The van der Waals surface area contributed by atoms with Crippen LogP contribution in [0.5, 0.6) is 0 Å². The molecular formula is C12H7BrClFN2S. The van der Waals surface area contributed by atoms with Crippen LogP contribution in [0, 0.1) is 12.7 Å². The first-order valence-corrected chi connectivity index (χ1v) is 7.20. The average molecular weight is 346 g/mol. The fourth-order valence-electron chi connectivity index (χ4n) is 1.70. The van der Waals surface area contributed by atoms with Crippen LogP contribution >= 0.6 is 38.9 Å². The first-order chi connectivity index (χ1) is 8.56. The van der Waals surface area contributed by atoms with Crippen molar-refractivity contribution in [3.05, 3.63) is 38.4 Å². The Bertz CT molecular complexity index is 711. The second-order valence-electron chi connectivity index (χ2n) is 3.93. The predicted octanol–water partition coefficient (Wildman–Crippen LogP) is 5.15. The highest BCUT2D eigenvalue weighted by Gasteiger charge is 2.14. The van der Waals surface area contributed by atoms with E-state index >= 15 is 0 Å². The normalized spacial score (nSPS) is 11.3. The molecule has 2 nitrogen and oxygen atoms in total. The van der Waals surface area contributed by atoms with Gasteiger partial charge in [0.25, 0.3) is 0 Å². The Kier molecular flexibility index (Phi) is 2.92. The van der Waals surface area contributed by atoms with Crippen LogP contribution in [0.3, 0.4) is 0 Å². The van der Waals surface area contributed by atoms with Gasteiger partial charge in [-0.3, -0.25) is 0 Å². The van der Waals surface area contributed by atoms with Crippen LogP contribution in [0.2, 0.25) is 5.02 Å². The molecule has 0 radical (unpaired) electrons. The molecule has 92 valence electrons. The fraction of sp³-hybridized carbons (Fsp3) is 0.0833. The third kappa shape index (κ3) is 1.86. The van der Waals surface area contributed by atoms with Crippen LogP contribution in [0.15, 0.2) is 22.0 Å². The average Bonchev–Trinajstić information content (AvgIpc) is 2.85. The number of benzene rings is 1. The van der Waals surface area contributed by atoms with E-state index in [4.69, 9.17) is 11.6 Å². The highest BCUT2D eigenvalue weighted by atomic mass is 79.9. The van der Waals surface area contributed by atoms with Gasteiger partial charge >= 0.3 is 0 Å². The zero-order chi connectivity index (χ0) is 12.9. The second-order valence-corrected chi connectivity index (χ2v) is 6.04. The molecular weight excluding hydrogens is 339 g/mol. The van der Waals surface area contributed by atoms with Crippen molar-refractivity contribution in [3.8, 4) is 10.7 Å². The number of imidazole rings is 1. The lowest BCUT2D eigenvalue weighted by atomic mass is 10.3. The number of aromatic nitrogens is 2. The molecule has 0 unspecified atom stereocenters. The summed E-state index contributed by atoms with van der Waals surface area (Å²) in [6, 6.07) is 3.07. The molecule has 0 amide bonds. The lowest BCUT2D eigenvalue weighted by Gasteiger charge is -1.92. The number of H-pyrrole nitrogens is 1. The van der Waals surface area contributed by atoms with Crippen LogP contribution in [0.25, 0.3) is 21.7 Å². The quantitative estimate of drug-likeness (QED) is 0.649. The van der Waals surface area contributed by atoms with E-state index in [0.717, 1.165) is 10.4 Å². The van der Waals surface area contributed by atoms with Crippen LogP contribution < -0.4 is 0 Å². The largest absolute Gasteiger partial charge is 0.337 e. The molecule has 3 rings (SSSR count). The number of hydrogen-bond acceptors (Lipinski definition) is 2. The highest BCUT2D eigenvalue weighted by Crippen LogP contribution is 2.36. The van der Waals surface area contributed by atoms with Gasteiger partial charge in [0.15, 0.2) is 0 Å². The number of nitrogens with one attached hydrogen (secondary N) is 1. The first-order valence-electron chi connectivity index (χ1n) is 5.15. The number of halogens is 3. The lowest BCUT2D eigenvalue weighted by molar-refractivity contribution is 0.623. The van der Waals surface area contributed by atoms with E-state index in [2.05, 4.69) is 25.9 Å². The van der Waals surface area contributed by atoms with Crippen molar-refractivity contribution in [3.63, 3.8) is 0 Å². The van der Waals surface area contributed by atoms with Gasteiger partial charge in [0, 0.05) is 6.07 Å². The summed E-state index contributed by atoms with van der Waals surface area (Å²) in [6.07, 6.45) is 0. The molecule has 0 spiro atoms. The fourth-order valence-corrected chi connectivity index (χ4v) is 3.26. The van der Waals surface area contributed by atoms with Gasteiger partial charge in [-0.05, 0) is 39.9 Å². The summed E-state index contributed by atoms with van der Waals surface area (Å²) in [5.41, 5.74) is 2.39. The molecule has 1 N–H and O–H groups in total. The van der Waals surface area contributed by atoms with Crippen molar-refractivity contribution in [1.82, 2.24) is 9.97 Å². The third-order valence-electron chi connectivity index (χ3n) is 2.64. The van der Waals surface area contributed by atoms with Gasteiger partial charge in [0.2, 0.25) is 0 Å². The van der Waals surface area contributed by atoms with E-state index in [1.54, 1.807) is 6.07 Å². The zero-order valence-electron chi connectivity index (χ0n) is 9.22. The number of fused-ring (bicyclic) bond motifs is 1. The van der Waals surface area contributed by atoms with Crippen molar-refractivity contribution < 1.29 is 4.39 Å². The molecule has 2 aromatic heterocycles. The first kappa shape index (κ1) is 12.1. The van der Waals surface area contributed by atoms with E-state index < -0.39 is 0 Å². The molecule has 0 fully saturated rings. The molecule has 2 heterocycles. The summed E-state index contributed by atoms with van der Waals surface area (Å²) >= 11 is 10.9. The Morgan fingerprint density at radius 3 is 2.89 bits per heavy atom. The van der Waals surface area contributed by atoms with Crippen molar-refractivity contribution >= 4 is 49.9 Å². The summed E-state index contributed by atoms with van der Waals surface area (Å²) in [6.45, 7) is 1.95. The Morgan fingerprint density at radius 1 is 1.44 bits per heavy atom. The summed E-state index contributed by atoms with van der Waals surface area (Å²) < 4.78 is 13.8. The maximum absolute atomic E-state index is 13.4. The number of nitrogens with zero attached hydrogens (tertiary/aromatic N) is 1. The molecule has 3 aromatic rings. The van der Waals surface area contributed by atoms with E-state index in [1.807, 2.05) is 12.3 Å². The maximum atomic E-state index is 13.4. The Labute approximate surface area is 120 Å². The minimum atomic E-state index is -0.314. The van der Waals surface area contributed by atoms with Gasteiger partial charge in [0.05, 0.1) is 25.4 Å². The Balaban J connectivity index is 2.22. The summed E-state index contributed by atoms with van der Waals surface area (Å²) in [7, 11) is 0. The van der Waals surface area contributed by atoms with Crippen molar-refractivity contribution in [2.45, 2.75) is 6.92 Å². The van der Waals surface area contributed by atoms with Crippen molar-refractivity contribution in [2.24, 2.45) is 0 Å². The number of rotatable bonds is 1. The zero-order valence-corrected chi connectivity index (χ0v) is 12.4. The monoisotopic (exact) mass is 344 g/mol. The Morgan fingerprint density at radius 2 is 2.22 bits per heavy atom. The van der Waals surface area contributed by atoms with Crippen LogP contribution in [0.1, 0.15) is 5.56 Å². The number of thiophene rings is 1. The minimum Gasteiger partial charge on any atom is -0.337 e. The predicted molar refractivity (Wildman–Crippen MR) is 76.8 cm³/mol. The SMILES string of the molecule is Cc1csc(-c2nc3cc(Br)c(F)cc3[nH]2)c1Cl. The summed E-state index contributed by atoms with van der Waals surface area (Å²) in [5.74, 6) is 0.358. The maximum Gasteiger partial charge on any atom is 0.150 e. The summed E-state index contributed by atoms with van der Waals surface area (Å²) in [4.78, 5) is 8.40. The molecule has 0 atom stereocenters. The number of aryl methyl sites for hydroxylation is 1. The number of hydrogen-bond donors (Lipinski definition) is 1. The van der Waals surface area contributed by atoms with Gasteiger partial charge in [0.1, 0.15) is 11.6 Å². The Hall–Kier alpha value is -0.910. The third-order valence-corrected chi connectivity index (χ3v) is 4.95. The van der Waals surface area contributed by atoms with Gasteiger partial charge in [-0.1, -0.05) is 11.6 Å². The molecule has 1 aromatic carbocycles. The van der Waals surface area contributed by atoms with Gasteiger partial charge in [-0.2, -0.15) is 0 Å². The van der Waals surface area contributed by atoms with Crippen molar-refractivity contribution in [2.75, 3.05) is 0 Å². The van der Waals surface area contributed by atoms with Crippen LogP contribution in [-0.4, -0.2) is 9.97 Å². The molecule has 0 saturated heterocycles. The van der Waals surface area contributed by atoms with Crippen LogP contribution in [0.4, 0.5) is 4.39 Å². The highest BCUT2D eigenvalue weighted by molar-refractivity contribution is 9.10. The van der Waals surface area contributed by atoms with E-state index in [9.17, 15) is 4.39 Å². The van der Waals surface area contributed by atoms with Gasteiger partial charge in [-0.15, -0.1) is 11.3 Å². The lowest BCUT2D eigenvalue weighted by Crippen LogP contribution is -1.77. The standard InChI is InChI=1S/C12H7BrClFN2S/c1-5-4-18-11(10(5)14)12-16-8-2-6(13)7(15)3-9(8)17-12/h2-4H,1H3,(H,16,17). The molecule has 0 bridgehead atoms. The van der Waals surface area contributed by atoms with Crippen LogP contribution in [-0.2, 0) is 0 Å². The molecule has 18 heavy (non-hydrogen) atoms. The van der Waals surface area contributed by atoms with E-state index in [0.29, 0.717) is 26.4 Å². The molecule has 6 heteroatoms. The molecule has 0 aliphatic carbocycles. The topological polar surface area (TPSA) is 28.7 Å². The van der Waals surface area contributed by atoms with Crippen molar-refractivity contribution in [1.29, 1.82) is 0 Å². The van der Waals surface area contributed by atoms with Gasteiger partial charge in [-0.25, -0.2) is 9.37 Å². The molecule has 0 aliphatic rings. The summed E-state index contributed by atoms with van der Waals surface area (Å²) in [5, 5.41) is 2.67. The number of aromatic amines is 1. The smallest absolute Gasteiger partial charge is 0.150 e. The van der Waals surface area contributed by atoms with E-state index in [1.165, 1.54) is 17.4 Å². The molecule has 0 saturated carbocycles. The second kappa shape index (κ2) is 4.33. The minimum absolute atomic E-state index is 0.314. The molecule has 0 aliphatic heterocycles.